The lowest BCUT2D eigenvalue weighted by atomic mass is 9.93. The Morgan fingerprint density at radius 2 is 2.00 bits per heavy atom. The number of nitrogens with zero attached hydrogens (tertiary/aromatic N) is 1. The molecule has 1 fully saturated rings. The summed E-state index contributed by atoms with van der Waals surface area (Å²) in [5.41, 5.74) is 1.33. The molecular weight excluding hydrogens is 198 g/mol. The third kappa shape index (κ3) is 2.63. The zero-order valence-corrected chi connectivity index (χ0v) is 9.94. The first kappa shape index (κ1) is 11.2. The van der Waals surface area contributed by atoms with Gasteiger partial charge < -0.3 is 4.90 Å². The van der Waals surface area contributed by atoms with Gasteiger partial charge in [-0.25, -0.2) is 0 Å². The van der Waals surface area contributed by atoms with E-state index in [-0.39, 0.29) is 11.3 Å². The van der Waals surface area contributed by atoms with Gasteiger partial charge in [0.25, 0.3) is 0 Å². The van der Waals surface area contributed by atoms with Crippen LogP contribution in [0.15, 0.2) is 30.3 Å². The van der Waals surface area contributed by atoms with Crippen molar-refractivity contribution in [2.75, 3.05) is 6.54 Å². The Bertz CT molecular complexity index is 370. The molecule has 0 N–H and O–H groups in total. The molecule has 0 aromatic heterocycles. The first-order valence-corrected chi connectivity index (χ1v) is 5.74. The zero-order chi connectivity index (χ0) is 11.6. The largest absolute Gasteiger partial charge is 0.337 e. The minimum absolute atomic E-state index is 0.205. The Labute approximate surface area is 97.3 Å². The van der Waals surface area contributed by atoms with Gasteiger partial charge >= 0.3 is 0 Å². The number of amides is 1. The molecule has 2 nitrogen and oxygen atoms in total. The summed E-state index contributed by atoms with van der Waals surface area (Å²) in [6.45, 7) is 7.27. The van der Waals surface area contributed by atoms with E-state index in [1.807, 2.05) is 41.8 Å². The number of hydrogen-bond donors (Lipinski definition) is 0. The molecule has 0 aliphatic carbocycles. The number of hydrogen-bond acceptors (Lipinski definition) is 1. The number of carbonyl (C=O) groups is 1. The summed E-state index contributed by atoms with van der Waals surface area (Å²) in [6.07, 6.45) is 1.50. The maximum absolute atomic E-state index is 12.0. The van der Waals surface area contributed by atoms with E-state index in [1.165, 1.54) is 0 Å². The maximum atomic E-state index is 12.0. The molecular formula is C14H18NO. The van der Waals surface area contributed by atoms with E-state index >= 15 is 0 Å². The highest BCUT2D eigenvalue weighted by atomic mass is 16.2. The van der Waals surface area contributed by atoms with E-state index in [4.69, 9.17) is 0 Å². The molecule has 1 saturated heterocycles. The van der Waals surface area contributed by atoms with E-state index in [0.717, 1.165) is 18.5 Å². The quantitative estimate of drug-likeness (QED) is 0.744. The first-order valence-electron chi connectivity index (χ1n) is 5.74. The van der Waals surface area contributed by atoms with Crippen molar-refractivity contribution in [1.29, 1.82) is 0 Å². The summed E-state index contributed by atoms with van der Waals surface area (Å²) in [5, 5.41) is 0. The van der Waals surface area contributed by atoms with Gasteiger partial charge in [-0.2, -0.15) is 0 Å². The summed E-state index contributed by atoms with van der Waals surface area (Å²) < 4.78 is 0. The second-order valence-corrected chi connectivity index (χ2v) is 5.23. The Morgan fingerprint density at radius 3 is 2.56 bits per heavy atom. The Balaban J connectivity index is 1.95. The molecule has 0 saturated carbocycles. The molecule has 1 heterocycles. The normalized spacial score (nSPS) is 18.8. The van der Waals surface area contributed by atoms with Gasteiger partial charge in [-0.1, -0.05) is 44.2 Å². The predicted molar refractivity (Wildman–Crippen MR) is 64.6 cm³/mol. The summed E-state index contributed by atoms with van der Waals surface area (Å²) in [5.74, 6) is 0.205. The predicted octanol–water partition coefficient (Wildman–Crippen LogP) is 2.65. The number of carbonyl (C=O) groups excluding carboxylic acids is 1. The average molecular weight is 216 g/mol. The van der Waals surface area contributed by atoms with Gasteiger partial charge in [-0.05, 0) is 17.4 Å². The standard InChI is InChI=1S/C14H18NO/c1-14(2)8-9-15(11-14)13(16)10-12-6-4-3-5-7-12/h3-7,9H,8,10-11H2,1-2H3. The van der Waals surface area contributed by atoms with Crippen LogP contribution in [-0.2, 0) is 11.2 Å². The lowest BCUT2D eigenvalue weighted by Crippen LogP contribution is -2.29. The van der Waals surface area contributed by atoms with Crippen molar-refractivity contribution in [2.45, 2.75) is 26.7 Å². The lowest BCUT2D eigenvalue weighted by molar-refractivity contribution is -0.128. The van der Waals surface area contributed by atoms with Gasteiger partial charge in [0.05, 0.1) is 13.0 Å². The third-order valence-corrected chi connectivity index (χ3v) is 2.98. The molecule has 1 aromatic carbocycles. The van der Waals surface area contributed by atoms with Gasteiger partial charge in [0.15, 0.2) is 0 Å². The van der Waals surface area contributed by atoms with Crippen molar-refractivity contribution in [3.8, 4) is 0 Å². The second kappa shape index (κ2) is 4.28. The molecule has 1 aromatic rings. The van der Waals surface area contributed by atoms with Crippen LogP contribution in [0.3, 0.4) is 0 Å². The summed E-state index contributed by atoms with van der Waals surface area (Å²) in [7, 11) is 0. The monoisotopic (exact) mass is 216 g/mol. The van der Waals surface area contributed by atoms with Crippen LogP contribution in [0.25, 0.3) is 0 Å². The SMILES string of the molecule is CC1(C)C[CH]N(C(=O)Cc2ccccc2)C1. The van der Waals surface area contributed by atoms with Gasteiger partial charge in [0.2, 0.25) is 5.91 Å². The fourth-order valence-corrected chi connectivity index (χ4v) is 2.01. The Hall–Kier alpha value is -1.31. The summed E-state index contributed by atoms with van der Waals surface area (Å²) in [6, 6.07) is 9.91. The number of benzene rings is 1. The van der Waals surface area contributed by atoms with Crippen molar-refractivity contribution in [3.05, 3.63) is 42.4 Å². The van der Waals surface area contributed by atoms with E-state index in [2.05, 4.69) is 13.8 Å². The van der Waals surface area contributed by atoms with Crippen molar-refractivity contribution >= 4 is 5.91 Å². The minimum atomic E-state index is 0.205. The molecule has 16 heavy (non-hydrogen) atoms. The molecule has 1 radical (unpaired) electrons. The molecule has 1 aliphatic rings. The van der Waals surface area contributed by atoms with Gasteiger partial charge in [-0.15, -0.1) is 0 Å². The highest BCUT2D eigenvalue weighted by Gasteiger charge is 2.32. The number of rotatable bonds is 2. The van der Waals surface area contributed by atoms with Gasteiger partial charge in [-0.3, -0.25) is 4.79 Å². The van der Waals surface area contributed by atoms with E-state index < -0.39 is 0 Å². The molecule has 1 amide bonds. The van der Waals surface area contributed by atoms with Crippen LogP contribution >= 0.6 is 0 Å². The average Bonchev–Trinajstić information content (AvgIpc) is 2.60. The van der Waals surface area contributed by atoms with Gasteiger partial charge in [0, 0.05) is 6.54 Å². The van der Waals surface area contributed by atoms with E-state index in [0.29, 0.717) is 6.42 Å². The van der Waals surface area contributed by atoms with Crippen molar-refractivity contribution in [2.24, 2.45) is 5.41 Å². The highest BCUT2D eigenvalue weighted by molar-refractivity contribution is 5.79. The smallest absolute Gasteiger partial charge is 0.227 e. The maximum Gasteiger partial charge on any atom is 0.227 e. The van der Waals surface area contributed by atoms with Crippen LogP contribution < -0.4 is 0 Å². The third-order valence-electron chi connectivity index (χ3n) is 2.98. The second-order valence-electron chi connectivity index (χ2n) is 5.23. The van der Waals surface area contributed by atoms with Crippen LogP contribution in [0.1, 0.15) is 25.8 Å². The van der Waals surface area contributed by atoms with E-state index in [1.54, 1.807) is 0 Å². The summed E-state index contributed by atoms with van der Waals surface area (Å²) in [4.78, 5) is 13.9. The molecule has 0 unspecified atom stereocenters. The van der Waals surface area contributed by atoms with Crippen LogP contribution in [0, 0.1) is 12.0 Å². The molecule has 0 spiro atoms. The van der Waals surface area contributed by atoms with Gasteiger partial charge in [0.1, 0.15) is 0 Å². The highest BCUT2D eigenvalue weighted by Crippen LogP contribution is 2.31. The zero-order valence-electron chi connectivity index (χ0n) is 9.94. The van der Waals surface area contributed by atoms with E-state index in [9.17, 15) is 4.79 Å². The Morgan fingerprint density at radius 1 is 1.31 bits per heavy atom. The fourth-order valence-electron chi connectivity index (χ4n) is 2.01. The molecule has 0 bridgehead atoms. The molecule has 0 atom stereocenters. The van der Waals surface area contributed by atoms with Crippen LogP contribution in [-0.4, -0.2) is 17.4 Å². The van der Waals surface area contributed by atoms with Crippen molar-refractivity contribution in [1.82, 2.24) is 4.90 Å². The number of likely N-dealkylation sites (tertiary alicyclic amines) is 1. The molecule has 85 valence electrons. The first-order chi connectivity index (χ1) is 7.57. The molecule has 2 rings (SSSR count). The summed E-state index contributed by atoms with van der Waals surface area (Å²) >= 11 is 0. The van der Waals surface area contributed by atoms with Crippen LogP contribution in [0.4, 0.5) is 0 Å². The Kier molecular flexibility index (Phi) is 2.99. The van der Waals surface area contributed by atoms with Crippen molar-refractivity contribution in [3.63, 3.8) is 0 Å². The lowest BCUT2D eigenvalue weighted by Gasteiger charge is -2.19. The van der Waals surface area contributed by atoms with Crippen molar-refractivity contribution < 1.29 is 4.79 Å². The topological polar surface area (TPSA) is 20.3 Å². The minimum Gasteiger partial charge on any atom is -0.337 e. The van der Waals surface area contributed by atoms with Crippen LogP contribution in [0.5, 0.6) is 0 Å². The molecule has 2 heteroatoms. The fraction of sp³-hybridized carbons (Fsp3) is 0.429. The molecule has 1 aliphatic heterocycles. The van der Waals surface area contributed by atoms with Crippen LogP contribution in [0.2, 0.25) is 0 Å².